The van der Waals surface area contributed by atoms with Crippen molar-refractivity contribution in [1.82, 2.24) is 5.16 Å². The van der Waals surface area contributed by atoms with Gasteiger partial charge in [-0.2, -0.15) is 0 Å². The molecule has 0 saturated heterocycles. The van der Waals surface area contributed by atoms with Crippen LogP contribution in [0, 0.1) is 0 Å². The highest BCUT2D eigenvalue weighted by molar-refractivity contribution is 7.91. The molecule has 1 aromatic heterocycles. The van der Waals surface area contributed by atoms with Gasteiger partial charge in [0.05, 0.1) is 22.4 Å². The SMILES string of the molecule is CCS(=O)(=O)c1ccccc1Cc1ccccc1C(=O)c1cnoc1C1CC1. The average molecular weight is 395 g/mol. The third kappa shape index (κ3) is 3.52. The number of nitrogens with zero attached hydrogens (tertiary/aromatic N) is 1. The number of carbonyl (C=O) groups is 1. The van der Waals surface area contributed by atoms with Crippen LogP contribution in [0.3, 0.4) is 0 Å². The molecule has 3 aromatic rings. The van der Waals surface area contributed by atoms with Crippen molar-refractivity contribution in [1.29, 1.82) is 0 Å². The van der Waals surface area contributed by atoms with Gasteiger partial charge in [-0.1, -0.05) is 54.5 Å². The van der Waals surface area contributed by atoms with Crippen molar-refractivity contribution in [3.63, 3.8) is 0 Å². The summed E-state index contributed by atoms with van der Waals surface area (Å²) in [5.41, 5.74) is 2.53. The Morgan fingerprint density at radius 1 is 1.04 bits per heavy atom. The Labute approximate surface area is 164 Å². The lowest BCUT2D eigenvalue weighted by Gasteiger charge is -2.12. The molecule has 4 rings (SSSR count). The first-order valence-corrected chi connectivity index (χ1v) is 11.0. The summed E-state index contributed by atoms with van der Waals surface area (Å²) < 4.78 is 30.2. The Balaban J connectivity index is 1.72. The fraction of sp³-hybridized carbons (Fsp3) is 0.273. The zero-order chi connectivity index (χ0) is 19.7. The molecule has 1 saturated carbocycles. The molecule has 0 atom stereocenters. The van der Waals surface area contributed by atoms with E-state index in [0.717, 1.165) is 18.4 Å². The van der Waals surface area contributed by atoms with Gasteiger partial charge in [-0.3, -0.25) is 4.79 Å². The topological polar surface area (TPSA) is 77.2 Å². The van der Waals surface area contributed by atoms with Gasteiger partial charge in [0.15, 0.2) is 21.4 Å². The van der Waals surface area contributed by atoms with Crippen molar-refractivity contribution in [2.75, 3.05) is 5.75 Å². The number of hydrogen-bond donors (Lipinski definition) is 0. The van der Waals surface area contributed by atoms with Crippen LogP contribution in [0.2, 0.25) is 0 Å². The van der Waals surface area contributed by atoms with E-state index in [1.807, 2.05) is 24.3 Å². The lowest BCUT2D eigenvalue weighted by atomic mass is 9.94. The molecule has 5 nitrogen and oxygen atoms in total. The van der Waals surface area contributed by atoms with E-state index in [9.17, 15) is 13.2 Å². The van der Waals surface area contributed by atoms with Gasteiger partial charge in [0.25, 0.3) is 0 Å². The number of benzene rings is 2. The highest BCUT2D eigenvalue weighted by atomic mass is 32.2. The Morgan fingerprint density at radius 2 is 1.71 bits per heavy atom. The summed E-state index contributed by atoms with van der Waals surface area (Å²) in [5.74, 6) is 0.850. The second kappa shape index (κ2) is 7.36. The Kier molecular flexibility index (Phi) is 4.89. The van der Waals surface area contributed by atoms with Crippen molar-refractivity contribution >= 4 is 15.6 Å². The van der Waals surface area contributed by atoms with E-state index in [4.69, 9.17) is 4.52 Å². The van der Waals surface area contributed by atoms with Gasteiger partial charge in [0.1, 0.15) is 0 Å². The summed E-state index contributed by atoms with van der Waals surface area (Å²) in [5, 5.41) is 3.83. The zero-order valence-corrected chi connectivity index (χ0v) is 16.4. The summed E-state index contributed by atoms with van der Waals surface area (Å²) in [6, 6.07) is 14.3. The molecule has 0 amide bonds. The second-order valence-corrected chi connectivity index (χ2v) is 9.30. The molecule has 2 aromatic carbocycles. The molecule has 1 heterocycles. The van der Waals surface area contributed by atoms with Crippen LogP contribution < -0.4 is 0 Å². The maximum absolute atomic E-state index is 13.2. The van der Waals surface area contributed by atoms with Gasteiger partial charge >= 0.3 is 0 Å². The van der Waals surface area contributed by atoms with Gasteiger partial charge in [-0.25, -0.2) is 8.42 Å². The van der Waals surface area contributed by atoms with Crippen LogP contribution >= 0.6 is 0 Å². The number of sulfone groups is 1. The van der Waals surface area contributed by atoms with E-state index in [-0.39, 0.29) is 17.5 Å². The van der Waals surface area contributed by atoms with E-state index in [0.29, 0.717) is 33.8 Å². The summed E-state index contributed by atoms with van der Waals surface area (Å²) in [4.78, 5) is 13.5. The van der Waals surface area contributed by atoms with E-state index in [1.165, 1.54) is 6.20 Å². The fourth-order valence-corrected chi connectivity index (χ4v) is 4.55. The molecule has 0 spiro atoms. The van der Waals surface area contributed by atoms with Gasteiger partial charge in [0.2, 0.25) is 0 Å². The predicted octanol–water partition coefficient (Wildman–Crippen LogP) is 4.17. The largest absolute Gasteiger partial charge is 0.360 e. The first-order chi connectivity index (χ1) is 13.5. The van der Waals surface area contributed by atoms with E-state index < -0.39 is 9.84 Å². The number of ketones is 1. The highest BCUT2D eigenvalue weighted by Crippen LogP contribution is 2.42. The van der Waals surface area contributed by atoms with Gasteiger partial charge in [-0.15, -0.1) is 0 Å². The first-order valence-electron chi connectivity index (χ1n) is 9.39. The molecule has 1 aliphatic rings. The van der Waals surface area contributed by atoms with Gasteiger partial charge in [-0.05, 0) is 36.5 Å². The lowest BCUT2D eigenvalue weighted by molar-refractivity contribution is 0.103. The van der Waals surface area contributed by atoms with Gasteiger partial charge < -0.3 is 4.52 Å². The van der Waals surface area contributed by atoms with Crippen LogP contribution in [0.25, 0.3) is 0 Å². The molecule has 1 aliphatic carbocycles. The molecule has 144 valence electrons. The molecule has 28 heavy (non-hydrogen) atoms. The van der Waals surface area contributed by atoms with Crippen molar-refractivity contribution in [2.45, 2.75) is 37.0 Å². The summed E-state index contributed by atoms with van der Waals surface area (Å²) >= 11 is 0. The van der Waals surface area contributed by atoms with E-state index >= 15 is 0 Å². The molecule has 0 N–H and O–H groups in total. The monoisotopic (exact) mass is 395 g/mol. The molecule has 0 bridgehead atoms. The Morgan fingerprint density at radius 3 is 2.43 bits per heavy atom. The quantitative estimate of drug-likeness (QED) is 0.561. The normalized spacial score (nSPS) is 14.2. The maximum atomic E-state index is 13.2. The molecule has 0 radical (unpaired) electrons. The molecular weight excluding hydrogens is 374 g/mol. The van der Waals surface area contributed by atoms with Crippen LogP contribution in [-0.2, 0) is 16.3 Å². The van der Waals surface area contributed by atoms with Gasteiger partial charge in [0, 0.05) is 11.5 Å². The van der Waals surface area contributed by atoms with Crippen molar-refractivity contribution in [3.8, 4) is 0 Å². The van der Waals surface area contributed by atoms with Crippen LogP contribution in [0.15, 0.2) is 64.1 Å². The highest BCUT2D eigenvalue weighted by Gasteiger charge is 2.33. The third-order valence-electron chi connectivity index (χ3n) is 5.12. The smallest absolute Gasteiger partial charge is 0.198 e. The maximum Gasteiger partial charge on any atom is 0.198 e. The number of aromatic nitrogens is 1. The van der Waals surface area contributed by atoms with Crippen molar-refractivity contribution in [2.24, 2.45) is 0 Å². The summed E-state index contributed by atoms with van der Waals surface area (Å²) in [6.45, 7) is 1.63. The van der Waals surface area contributed by atoms with E-state index in [2.05, 4.69) is 5.16 Å². The minimum absolute atomic E-state index is 0.0377. The van der Waals surface area contributed by atoms with Crippen molar-refractivity contribution < 1.29 is 17.7 Å². The van der Waals surface area contributed by atoms with Crippen LogP contribution in [-0.4, -0.2) is 25.1 Å². The van der Waals surface area contributed by atoms with Crippen LogP contribution in [0.1, 0.15) is 58.5 Å². The van der Waals surface area contributed by atoms with Crippen LogP contribution in [0.4, 0.5) is 0 Å². The first kappa shape index (κ1) is 18.6. The van der Waals surface area contributed by atoms with Crippen LogP contribution in [0.5, 0.6) is 0 Å². The number of rotatable bonds is 7. The Bertz CT molecular complexity index is 1130. The summed E-state index contributed by atoms with van der Waals surface area (Å²) in [7, 11) is -3.34. The summed E-state index contributed by atoms with van der Waals surface area (Å²) in [6.07, 6.45) is 3.88. The van der Waals surface area contributed by atoms with E-state index in [1.54, 1.807) is 31.2 Å². The molecule has 0 unspecified atom stereocenters. The Hall–Kier alpha value is -2.73. The molecular formula is C22H21NO4S. The second-order valence-electron chi connectivity index (χ2n) is 7.05. The third-order valence-corrected chi connectivity index (χ3v) is 6.95. The molecule has 0 aliphatic heterocycles. The predicted molar refractivity (Wildman–Crippen MR) is 105 cm³/mol. The average Bonchev–Trinajstić information content (AvgIpc) is 3.44. The minimum Gasteiger partial charge on any atom is -0.360 e. The lowest BCUT2D eigenvalue weighted by Crippen LogP contribution is -2.10. The fourth-order valence-electron chi connectivity index (χ4n) is 3.41. The van der Waals surface area contributed by atoms with Crippen molar-refractivity contribution in [3.05, 3.63) is 82.7 Å². The molecule has 6 heteroatoms. The molecule has 1 fully saturated rings. The zero-order valence-electron chi connectivity index (χ0n) is 15.6. The number of hydrogen-bond acceptors (Lipinski definition) is 5. The number of carbonyl (C=O) groups excluding carboxylic acids is 1. The standard InChI is InChI=1S/C22H21NO4S/c1-2-28(25,26)20-10-6-4-8-17(20)13-16-7-3-5-9-18(16)21(24)19-14-23-27-22(19)15-11-12-15/h3-10,14-15H,2,11-13H2,1H3. The minimum atomic E-state index is -3.34.